The van der Waals surface area contributed by atoms with Crippen LogP contribution in [-0.4, -0.2) is 53.7 Å². The predicted octanol–water partition coefficient (Wildman–Crippen LogP) is 4.85. The predicted molar refractivity (Wildman–Crippen MR) is 140 cm³/mol. The Balaban J connectivity index is 1.50. The first-order chi connectivity index (χ1) is 16.7. The number of rotatable bonds is 1. The fourth-order valence-corrected chi connectivity index (χ4v) is 7.20. The van der Waals surface area contributed by atoms with E-state index in [1.165, 1.54) is 11.8 Å². The molecule has 180 valence electrons. The van der Waals surface area contributed by atoms with Gasteiger partial charge in [-0.3, -0.25) is 9.59 Å². The lowest BCUT2D eigenvalue weighted by Gasteiger charge is -2.49. The summed E-state index contributed by atoms with van der Waals surface area (Å²) in [7, 11) is 0. The maximum atomic E-state index is 14.0. The van der Waals surface area contributed by atoms with Gasteiger partial charge in [-0.05, 0) is 55.3 Å². The van der Waals surface area contributed by atoms with E-state index in [0.29, 0.717) is 47.0 Å². The van der Waals surface area contributed by atoms with E-state index >= 15 is 0 Å². The molecule has 0 spiro atoms. The Morgan fingerprint density at radius 2 is 1.74 bits per heavy atom. The normalized spacial score (nSPS) is 27.4. The molecular formula is C27H26ClN3O3S. The minimum Gasteiger partial charge on any atom is -0.378 e. The van der Waals surface area contributed by atoms with Gasteiger partial charge in [0, 0.05) is 34.6 Å². The van der Waals surface area contributed by atoms with Gasteiger partial charge >= 0.3 is 0 Å². The first-order valence-corrected chi connectivity index (χ1v) is 13.0. The van der Waals surface area contributed by atoms with Gasteiger partial charge in [0.1, 0.15) is 0 Å². The standard InChI is InChI=1S/C27H26ClN3O3S/c1-26(2)15-27(3,16-7-9-17(28)10-8-16)19-6-4-5-18-20(24(33)31(26)21(18)19)22-23(32)29-25(35-22)30-11-13-34-14-12-30/h4-10H,11-15H2,1-3H3. The van der Waals surface area contributed by atoms with Crippen LogP contribution >= 0.6 is 23.4 Å². The van der Waals surface area contributed by atoms with Crippen LogP contribution in [0.1, 0.15) is 43.9 Å². The number of hydrogen-bond donors (Lipinski definition) is 0. The third kappa shape index (κ3) is 3.39. The molecule has 35 heavy (non-hydrogen) atoms. The minimum atomic E-state index is -0.461. The van der Waals surface area contributed by atoms with Crippen molar-refractivity contribution >= 4 is 51.6 Å². The highest BCUT2D eigenvalue weighted by Crippen LogP contribution is 2.57. The molecule has 2 aromatic carbocycles. The molecular weight excluding hydrogens is 482 g/mol. The van der Waals surface area contributed by atoms with E-state index in [0.717, 1.165) is 28.8 Å². The van der Waals surface area contributed by atoms with Gasteiger partial charge in [-0.1, -0.05) is 48.9 Å². The topological polar surface area (TPSA) is 62.2 Å². The number of aliphatic imine (C=N–C) groups is 1. The summed E-state index contributed by atoms with van der Waals surface area (Å²) in [5.41, 5.74) is 3.65. The number of amides is 2. The Labute approximate surface area is 214 Å². The van der Waals surface area contributed by atoms with Crippen LogP contribution in [0.4, 0.5) is 5.69 Å². The molecule has 4 aliphatic heterocycles. The van der Waals surface area contributed by atoms with E-state index in [4.69, 9.17) is 16.3 Å². The van der Waals surface area contributed by atoms with Crippen LogP contribution in [0.3, 0.4) is 0 Å². The summed E-state index contributed by atoms with van der Waals surface area (Å²) < 4.78 is 5.44. The van der Waals surface area contributed by atoms with Gasteiger partial charge in [-0.2, -0.15) is 4.99 Å². The lowest BCUT2D eigenvalue weighted by atomic mass is 9.65. The van der Waals surface area contributed by atoms with Crippen molar-refractivity contribution in [1.29, 1.82) is 0 Å². The molecule has 1 saturated heterocycles. The van der Waals surface area contributed by atoms with Crippen molar-refractivity contribution in [2.45, 2.75) is 38.1 Å². The maximum absolute atomic E-state index is 14.0. The van der Waals surface area contributed by atoms with Crippen LogP contribution in [0, 0.1) is 0 Å². The van der Waals surface area contributed by atoms with Crippen LogP contribution in [0.2, 0.25) is 5.02 Å². The van der Waals surface area contributed by atoms with Crippen molar-refractivity contribution in [1.82, 2.24) is 4.90 Å². The molecule has 6 nitrogen and oxygen atoms in total. The lowest BCUT2D eigenvalue weighted by Crippen LogP contribution is -2.54. The largest absolute Gasteiger partial charge is 0.378 e. The van der Waals surface area contributed by atoms with E-state index in [1.807, 2.05) is 29.2 Å². The van der Waals surface area contributed by atoms with Crippen LogP contribution in [-0.2, 0) is 19.7 Å². The summed E-state index contributed by atoms with van der Waals surface area (Å²) >= 11 is 7.50. The first-order valence-electron chi connectivity index (χ1n) is 11.8. The van der Waals surface area contributed by atoms with Crippen LogP contribution < -0.4 is 4.90 Å². The molecule has 1 unspecified atom stereocenters. The number of amidine groups is 1. The molecule has 2 amide bonds. The zero-order chi connectivity index (χ0) is 24.5. The average Bonchev–Trinajstić information content (AvgIpc) is 3.35. The number of morpholine rings is 1. The van der Waals surface area contributed by atoms with Crippen LogP contribution in [0.15, 0.2) is 52.4 Å². The number of hydrogen-bond acceptors (Lipinski definition) is 5. The molecule has 1 atom stereocenters. The number of carbonyl (C=O) groups excluding carboxylic acids is 2. The number of carbonyl (C=O) groups is 2. The number of anilines is 1. The molecule has 2 aromatic rings. The van der Waals surface area contributed by atoms with Gasteiger partial charge in [0.15, 0.2) is 5.17 Å². The second-order valence-electron chi connectivity index (χ2n) is 10.3. The molecule has 4 heterocycles. The highest BCUT2D eigenvalue weighted by atomic mass is 35.5. The molecule has 6 rings (SSSR count). The van der Waals surface area contributed by atoms with Crippen LogP contribution in [0.25, 0.3) is 5.57 Å². The Bertz CT molecular complexity index is 1330. The summed E-state index contributed by atoms with van der Waals surface area (Å²) in [6.45, 7) is 9.03. The molecule has 0 saturated carbocycles. The van der Waals surface area contributed by atoms with Crippen LogP contribution in [0.5, 0.6) is 0 Å². The molecule has 4 aliphatic rings. The summed E-state index contributed by atoms with van der Waals surface area (Å²) in [5.74, 6) is -0.458. The third-order valence-corrected chi connectivity index (χ3v) is 8.87. The van der Waals surface area contributed by atoms with Gasteiger partial charge in [0.05, 0.1) is 29.4 Å². The Morgan fingerprint density at radius 3 is 2.46 bits per heavy atom. The number of para-hydroxylation sites is 1. The number of ether oxygens (including phenoxy) is 1. The van der Waals surface area contributed by atoms with Gasteiger partial charge in [-0.15, -0.1) is 0 Å². The third-order valence-electron chi connectivity index (χ3n) is 7.51. The van der Waals surface area contributed by atoms with Gasteiger partial charge < -0.3 is 14.5 Å². The van der Waals surface area contributed by atoms with E-state index < -0.39 is 5.54 Å². The maximum Gasteiger partial charge on any atom is 0.287 e. The van der Waals surface area contributed by atoms with Gasteiger partial charge in [-0.25, -0.2) is 0 Å². The Hall–Kier alpha value is -2.61. The number of halogens is 1. The SMILES string of the molecule is CC1(c2ccc(Cl)cc2)CC(C)(C)N2C(=O)C(=C3SC(N4CCOCC4)=NC3=O)c3cccc1c32. The summed E-state index contributed by atoms with van der Waals surface area (Å²) in [4.78, 5) is 35.8. The van der Waals surface area contributed by atoms with E-state index in [2.05, 4.69) is 48.9 Å². The van der Waals surface area contributed by atoms with Gasteiger partial charge in [0.25, 0.3) is 11.8 Å². The van der Waals surface area contributed by atoms with E-state index in [-0.39, 0.29) is 17.2 Å². The molecule has 0 N–H and O–H groups in total. The molecule has 0 aromatic heterocycles. The molecule has 0 radical (unpaired) electrons. The molecule has 8 heteroatoms. The minimum absolute atomic E-state index is 0.120. The Morgan fingerprint density at radius 1 is 1.03 bits per heavy atom. The second-order valence-corrected chi connectivity index (χ2v) is 11.7. The fourth-order valence-electron chi connectivity index (χ4n) is 6.02. The van der Waals surface area contributed by atoms with Crippen molar-refractivity contribution in [2.75, 3.05) is 31.2 Å². The smallest absolute Gasteiger partial charge is 0.287 e. The fraction of sp³-hybridized carbons (Fsp3) is 0.370. The van der Waals surface area contributed by atoms with E-state index in [9.17, 15) is 9.59 Å². The quantitative estimate of drug-likeness (QED) is 0.516. The monoisotopic (exact) mass is 507 g/mol. The first kappa shape index (κ1) is 22.8. The van der Waals surface area contributed by atoms with Gasteiger partial charge in [0.2, 0.25) is 0 Å². The number of benzene rings is 2. The summed E-state index contributed by atoms with van der Waals surface area (Å²) in [6, 6.07) is 14.0. The van der Waals surface area contributed by atoms with Crippen molar-refractivity contribution in [3.05, 3.63) is 69.1 Å². The molecule has 0 aliphatic carbocycles. The molecule has 0 bridgehead atoms. The van der Waals surface area contributed by atoms with Crippen molar-refractivity contribution in [3.63, 3.8) is 0 Å². The zero-order valence-electron chi connectivity index (χ0n) is 19.9. The highest BCUT2D eigenvalue weighted by Gasteiger charge is 2.53. The number of nitrogens with zero attached hydrogens (tertiary/aromatic N) is 3. The highest BCUT2D eigenvalue weighted by molar-refractivity contribution is 8.18. The van der Waals surface area contributed by atoms with Crippen molar-refractivity contribution in [2.24, 2.45) is 4.99 Å². The second kappa shape index (κ2) is 7.95. The zero-order valence-corrected chi connectivity index (χ0v) is 21.5. The van der Waals surface area contributed by atoms with E-state index in [1.54, 1.807) is 0 Å². The summed E-state index contributed by atoms with van der Waals surface area (Å²) in [5, 5.41) is 1.35. The van der Waals surface area contributed by atoms with Crippen molar-refractivity contribution in [3.8, 4) is 0 Å². The Kier molecular flexibility index (Phi) is 5.18. The molecule has 1 fully saturated rings. The summed E-state index contributed by atoms with van der Waals surface area (Å²) in [6.07, 6.45) is 0.739. The van der Waals surface area contributed by atoms with Crippen molar-refractivity contribution < 1.29 is 14.3 Å². The number of thioether (sulfide) groups is 1. The average molecular weight is 508 g/mol. The lowest BCUT2D eigenvalue weighted by molar-refractivity contribution is -0.115.